The summed E-state index contributed by atoms with van der Waals surface area (Å²) in [5, 5.41) is 4.39. The second-order valence-corrected chi connectivity index (χ2v) is 14.5. The number of aromatic amines is 2. The van der Waals surface area contributed by atoms with Gasteiger partial charge in [0.05, 0.1) is 43.8 Å². The number of alkyl halides is 2. The van der Waals surface area contributed by atoms with Crippen LogP contribution in [0.5, 0.6) is 0 Å². The molecule has 6 rings (SSSR count). The number of ether oxygens (including phenoxy) is 1. The van der Waals surface area contributed by atoms with Crippen molar-refractivity contribution in [3.63, 3.8) is 0 Å². The summed E-state index contributed by atoms with van der Waals surface area (Å²) >= 11 is 0. The van der Waals surface area contributed by atoms with Crippen molar-refractivity contribution in [2.24, 2.45) is 17.8 Å². The maximum absolute atomic E-state index is 14.7. The molecule has 0 aliphatic carbocycles. The number of carbonyl (C=O) groups excluding carboxylic acids is 3. The Morgan fingerprint density at radius 1 is 0.904 bits per heavy atom. The number of hydrogen-bond donors (Lipinski definition) is 3. The van der Waals surface area contributed by atoms with Crippen LogP contribution in [0.25, 0.3) is 22.0 Å². The van der Waals surface area contributed by atoms with Crippen LogP contribution in [0.2, 0.25) is 0 Å². The highest BCUT2D eigenvalue weighted by Crippen LogP contribution is 2.41. The number of H-pyrrole nitrogens is 2. The monoisotopic (exact) mass is 713 g/mol. The first-order chi connectivity index (χ1) is 24.7. The number of fused-ring (bicyclic) bond motifs is 1. The van der Waals surface area contributed by atoms with E-state index in [1.807, 2.05) is 48.2 Å². The van der Waals surface area contributed by atoms with E-state index in [1.54, 1.807) is 26.2 Å². The molecule has 2 aromatic carbocycles. The lowest BCUT2D eigenvalue weighted by Crippen LogP contribution is -2.51. The average Bonchev–Trinajstić information content (AvgIpc) is 3.94. The molecule has 0 saturated carbocycles. The average molecular weight is 714 g/mol. The Kier molecular flexibility index (Phi) is 10.4. The first kappa shape index (κ1) is 36.5. The van der Waals surface area contributed by atoms with Crippen molar-refractivity contribution < 1.29 is 27.9 Å². The van der Waals surface area contributed by atoms with E-state index >= 15 is 0 Å². The number of methoxy groups -OCH3 is 1. The van der Waals surface area contributed by atoms with Crippen LogP contribution in [0.1, 0.15) is 88.9 Å². The summed E-state index contributed by atoms with van der Waals surface area (Å²) in [6.07, 6.45) is 3.70. The Bertz CT molecular complexity index is 2030. The molecule has 0 unspecified atom stereocenters. The number of likely N-dealkylation sites (tertiary alicyclic amines) is 2. The molecule has 0 radical (unpaired) electrons. The zero-order chi connectivity index (χ0) is 37.3. The lowest BCUT2D eigenvalue weighted by atomic mass is 9.96. The lowest BCUT2D eigenvalue weighted by Gasteiger charge is -2.29. The van der Waals surface area contributed by atoms with Gasteiger partial charge in [0.2, 0.25) is 11.8 Å². The summed E-state index contributed by atoms with van der Waals surface area (Å²) in [6.45, 7) is 9.52. The van der Waals surface area contributed by atoms with E-state index in [2.05, 4.69) is 55.7 Å². The van der Waals surface area contributed by atoms with Gasteiger partial charge in [-0.05, 0) is 59.6 Å². The van der Waals surface area contributed by atoms with Crippen LogP contribution >= 0.6 is 0 Å². The quantitative estimate of drug-likeness (QED) is 0.176. The fourth-order valence-electron chi connectivity index (χ4n) is 6.89. The predicted molar refractivity (Wildman–Crippen MR) is 192 cm³/mol. The van der Waals surface area contributed by atoms with Crippen LogP contribution in [-0.4, -0.2) is 79.8 Å². The third kappa shape index (κ3) is 7.66. The number of aromatic nitrogens is 4. The van der Waals surface area contributed by atoms with Gasteiger partial charge in [-0.15, -0.1) is 0 Å². The molecule has 0 bridgehead atoms. The maximum atomic E-state index is 14.7. The van der Waals surface area contributed by atoms with Crippen LogP contribution in [0.15, 0.2) is 48.8 Å². The Hall–Kier alpha value is -5.25. The number of alkyl carbamates (subject to hydrolysis) is 1. The second kappa shape index (κ2) is 14.8. The number of amides is 3. The highest BCUT2D eigenvalue weighted by atomic mass is 19.3. The van der Waals surface area contributed by atoms with Crippen molar-refractivity contribution >= 4 is 28.7 Å². The van der Waals surface area contributed by atoms with Gasteiger partial charge in [0.15, 0.2) is 0 Å². The highest BCUT2D eigenvalue weighted by Gasteiger charge is 2.50. The largest absolute Gasteiger partial charge is 0.453 e. The molecule has 52 heavy (non-hydrogen) atoms. The zero-order valence-electron chi connectivity index (χ0n) is 30.3. The number of imidazole rings is 2. The van der Waals surface area contributed by atoms with Crippen LogP contribution in [0, 0.1) is 29.6 Å². The number of nitrogens with zero attached hydrogens (tertiary/aromatic N) is 4. The summed E-state index contributed by atoms with van der Waals surface area (Å²) in [7, 11) is 1.18. The minimum Gasteiger partial charge on any atom is -0.453 e. The van der Waals surface area contributed by atoms with Gasteiger partial charge >= 0.3 is 6.09 Å². The number of halogens is 2. The van der Waals surface area contributed by atoms with Gasteiger partial charge in [0.1, 0.15) is 23.4 Å². The van der Waals surface area contributed by atoms with Gasteiger partial charge in [0.25, 0.3) is 5.92 Å². The van der Waals surface area contributed by atoms with Crippen molar-refractivity contribution in [2.45, 2.75) is 77.9 Å². The van der Waals surface area contributed by atoms with E-state index in [1.165, 1.54) is 7.11 Å². The van der Waals surface area contributed by atoms with Crippen molar-refractivity contribution in [3.05, 3.63) is 71.7 Å². The summed E-state index contributed by atoms with van der Waals surface area (Å²) in [4.78, 5) is 57.0. The van der Waals surface area contributed by atoms with Gasteiger partial charge in [-0.2, -0.15) is 0 Å². The van der Waals surface area contributed by atoms with E-state index in [0.717, 1.165) is 52.0 Å². The molecule has 0 spiro atoms. The number of hydrogen-bond acceptors (Lipinski definition) is 6. The van der Waals surface area contributed by atoms with Crippen molar-refractivity contribution in [1.82, 2.24) is 35.1 Å². The molecule has 4 atom stereocenters. The highest BCUT2D eigenvalue weighted by molar-refractivity contribution is 5.88. The Morgan fingerprint density at radius 2 is 1.62 bits per heavy atom. The van der Waals surface area contributed by atoms with E-state index in [9.17, 15) is 23.2 Å². The minimum atomic E-state index is -3.12. The van der Waals surface area contributed by atoms with Crippen molar-refractivity contribution in [1.29, 1.82) is 0 Å². The van der Waals surface area contributed by atoms with Crippen LogP contribution < -0.4 is 5.32 Å². The fourth-order valence-corrected chi connectivity index (χ4v) is 6.89. The molecule has 2 fully saturated rings. The van der Waals surface area contributed by atoms with Gasteiger partial charge in [-0.25, -0.2) is 23.5 Å². The molecule has 274 valence electrons. The number of carbonyl (C=O) groups is 3. The normalized spacial score (nSPS) is 19.5. The predicted octanol–water partition coefficient (Wildman–Crippen LogP) is 6.60. The Morgan fingerprint density at radius 3 is 2.35 bits per heavy atom. The van der Waals surface area contributed by atoms with E-state index in [-0.39, 0.29) is 35.5 Å². The molecule has 11 nitrogen and oxygen atoms in total. The molecule has 4 heterocycles. The third-order valence-electron chi connectivity index (χ3n) is 10.2. The molecule has 13 heteroatoms. The molecular weight excluding hydrogens is 668 g/mol. The molecule has 3 N–H and O–H groups in total. The number of benzene rings is 2. The van der Waals surface area contributed by atoms with Crippen LogP contribution in [0.3, 0.4) is 0 Å². The fraction of sp³-hybridized carbons (Fsp3) is 0.462. The van der Waals surface area contributed by atoms with E-state index < -0.39 is 43.0 Å². The molecular formula is C39H45F2N7O4. The maximum Gasteiger partial charge on any atom is 0.407 e. The summed E-state index contributed by atoms with van der Waals surface area (Å²) < 4.78 is 34.1. The molecule has 3 amide bonds. The molecule has 2 saturated heterocycles. The number of rotatable bonds is 8. The van der Waals surface area contributed by atoms with Crippen LogP contribution in [0.4, 0.5) is 13.6 Å². The van der Waals surface area contributed by atoms with Crippen LogP contribution in [-0.2, 0) is 14.3 Å². The SMILES string of the molecule is COC(=O)N[C@H](C(=O)N1CC(F)(F)C[C@H]1c1ncc(-c2ccc3cc(C#Cc4cnc([C@@H]5CCCN5C(=O)[C@@H](C)C(C)C)[nH]4)ccc3c2)[nH]1)C(C)C. The summed E-state index contributed by atoms with van der Waals surface area (Å²) in [6, 6.07) is 9.62. The molecule has 2 aromatic heterocycles. The topological polar surface area (TPSA) is 136 Å². The Balaban J connectivity index is 1.16. The van der Waals surface area contributed by atoms with Crippen molar-refractivity contribution in [2.75, 3.05) is 20.2 Å². The summed E-state index contributed by atoms with van der Waals surface area (Å²) in [5.41, 5.74) is 2.91. The van der Waals surface area contributed by atoms with E-state index in [4.69, 9.17) is 0 Å². The molecule has 4 aromatic rings. The van der Waals surface area contributed by atoms with Gasteiger partial charge < -0.3 is 29.8 Å². The third-order valence-corrected chi connectivity index (χ3v) is 10.2. The first-order valence-electron chi connectivity index (χ1n) is 17.7. The summed E-state index contributed by atoms with van der Waals surface area (Å²) in [5.74, 6) is 3.67. The van der Waals surface area contributed by atoms with Gasteiger partial charge in [0, 0.05) is 30.0 Å². The first-order valence-corrected chi connectivity index (χ1v) is 17.7. The molecule has 2 aliphatic rings. The lowest BCUT2D eigenvalue weighted by molar-refractivity contribution is -0.137. The zero-order valence-corrected chi connectivity index (χ0v) is 30.3. The van der Waals surface area contributed by atoms with E-state index in [0.29, 0.717) is 11.4 Å². The van der Waals surface area contributed by atoms with Crippen molar-refractivity contribution in [3.8, 4) is 23.1 Å². The standard InChI is InChI=1S/C39H45F2N7O4/c1-22(2)24(5)36(49)47-15-7-8-31(47)34-42-19-29(44-34)14-10-25-9-11-27-17-28(13-12-26(27)16-25)30-20-43-35(45-30)32-18-39(40,41)21-48(32)37(50)33(23(3)4)46-38(51)52-6/h9,11-13,16-17,19-20,22-24,31-33H,7-8,15,18,21H2,1-6H3,(H,42,44)(H,43,45)(H,46,51)/t24-,31-,32-,33-/m0/s1. The smallest absolute Gasteiger partial charge is 0.407 e. The molecule has 2 aliphatic heterocycles. The number of nitrogens with one attached hydrogen (secondary N) is 3. The minimum absolute atomic E-state index is 0.0476. The van der Waals surface area contributed by atoms with Gasteiger partial charge in [-0.3, -0.25) is 9.59 Å². The van der Waals surface area contributed by atoms with Gasteiger partial charge in [-0.1, -0.05) is 58.7 Å². The Labute approximate surface area is 301 Å². The second-order valence-electron chi connectivity index (χ2n) is 14.5.